The molecule has 2 aromatic carbocycles. The lowest BCUT2D eigenvalue weighted by Crippen LogP contribution is -2.46. The number of nitrogens with zero attached hydrogens (tertiary/aromatic N) is 2. The lowest BCUT2D eigenvalue weighted by atomic mass is 9.68. The number of Topliss-reactive ketones (excluding diaryl/α,β-unsaturated/α-hetero) is 1. The van der Waals surface area contributed by atoms with Crippen LogP contribution in [0.3, 0.4) is 0 Å². The zero-order valence-corrected chi connectivity index (χ0v) is 25.1. The van der Waals surface area contributed by atoms with Crippen molar-refractivity contribution < 1.29 is 33.2 Å². The zero-order chi connectivity index (χ0) is 31.7. The van der Waals surface area contributed by atoms with E-state index in [1.165, 1.54) is 52.6 Å². The standard InChI is InChI=1S/C32H30FN3O7S/c1-4-42-31(38)26-20(24-11-8-14-44-24)16-23-27(29(26)37)25(19-9-6-7-10-21(19)33)28(32(39)43-5-2)30(34)35(23)22-13-12-18(36(40)41)15-17(22)3/h6-15,20,25-26H,4-5,16,34H2,1-3H3/t20-,25-,26-/m0/s1. The Morgan fingerprint density at radius 3 is 2.45 bits per heavy atom. The summed E-state index contributed by atoms with van der Waals surface area (Å²) in [6, 6.07) is 13.5. The molecule has 10 nitrogen and oxygen atoms in total. The molecule has 1 aliphatic heterocycles. The topological polar surface area (TPSA) is 142 Å². The van der Waals surface area contributed by atoms with Crippen LogP contribution in [0.2, 0.25) is 0 Å². The van der Waals surface area contributed by atoms with Crippen molar-refractivity contribution in [1.82, 2.24) is 0 Å². The molecule has 3 aromatic rings. The molecule has 2 aliphatic rings. The maximum absolute atomic E-state index is 15.6. The summed E-state index contributed by atoms with van der Waals surface area (Å²) in [6.07, 6.45) is 0.100. The number of nitrogens with two attached hydrogens (primary N) is 1. The highest BCUT2D eigenvalue weighted by atomic mass is 32.1. The minimum absolute atomic E-state index is 0.0102. The highest BCUT2D eigenvalue weighted by Gasteiger charge is 2.52. The maximum Gasteiger partial charge on any atom is 0.338 e. The fourth-order valence-electron chi connectivity index (χ4n) is 6.01. The van der Waals surface area contributed by atoms with Crippen LogP contribution >= 0.6 is 11.3 Å². The number of halogens is 1. The lowest BCUT2D eigenvalue weighted by Gasteiger charge is -2.44. The molecule has 12 heteroatoms. The van der Waals surface area contributed by atoms with E-state index in [0.717, 1.165) is 4.88 Å². The number of nitro groups is 1. The summed E-state index contributed by atoms with van der Waals surface area (Å²) in [6.45, 7) is 4.90. The molecular weight excluding hydrogens is 589 g/mol. The van der Waals surface area contributed by atoms with Crippen molar-refractivity contribution >= 4 is 40.4 Å². The van der Waals surface area contributed by atoms with Gasteiger partial charge in [-0.05, 0) is 56.3 Å². The molecule has 2 N–H and O–H groups in total. The van der Waals surface area contributed by atoms with Gasteiger partial charge in [0.05, 0.1) is 35.3 Å². The summed E-state index contributed by atoms with van der Waals surface area (Å²) in [5, 5.41) is 13.3. The summed E-state index contributed by atoms with van der Waals surface area (Å²) >= 11 is 1.37. The van der Waals surface area contributed by atoms with Crippen LogP contribution < -0.4 is 10.6 Å². The number of carbonyl (C=O) groups is 3. The van der Waals surface area contributed by atoms with E-state index in [1.54, 1.807) is 26.8 Å². The second-order valence-electron chi connectivity index (χ2n) is 10.3. The molecule has 0 saturated heterocycles. The lowest BCUT2D eigenvalue weighted by molar-refractivity contribution is -0.384. The van der Waals surface area contributed by atoms with Crippen LogP contribution in [0.25, 0.3) is 0 Å². The number of ether oxygens (including phenoxy) is 2. The molecule has 0 fully saturated rings. The van der Waals surface area contributed by atoms with Crippen LogP contribution in [0.15, 0.2) is 82.6 Å². The SMILES string of the molecule is CCOC(=O)C1=C(N)N(c2ccc([N+](=O)[O-])cc2C)C2=C(C(=O)[C@@H](C(=O)OCC)[C@H](c3cccs3)C2)[C@@H]1c1ccccc1F. The van der Waals surface area contributed by atoms with Gasteiger partial charge in [0.2, 0.25) is 0 Å². The number of thiophene rings is 1. The quantitative estimate of drug-likeness (QED) is 0.147. The molecule has 0 unspecified atom stereocenters. The first-order valence-corrected chi connectivity index (χ1v) is 14.9. The van der Waals surface area contributed by atoms with Gasteiger partial charge in [-0.25, -0.2) is 9.18 Å². The van der Waals surface area contributed by atoms with Gasteiger partial charge in [0.15, 0.2) is 5.78 Å². The van der Waals surface area contributed by atoms with E-state index >= 15 is 4.39 Å². The van der Waals surface area contributed by atoms with E-state index in [4.69, 9.17) is 15.2 Å². The van der Waals surface area contributed by atoms with Gasteiger partial charge in [0.25, 0.3) is 5.69 Å². The number of allylic oxidation sites excluding steroid dienone is 2. The number of aryl methyl sites for hydroxylation is 1. The van der Waals surface area contributed by atoms with Crippen LogP contribution in [0.1, 0.15) is 48.1 Å². The normalized spacial score (nSPS) is 20.0. The van der Waals surface area contributed by atoms with Crippen LogP contribution in [-0.2, 0) is 23.9 Å². The van der Waals surface area contributed by atoms with Crippen LogP contribution in [0.5, 0.6) is 0 Å². The first kappa shape index (κ1) is 30.6. The van der Waals surface area contributed by atoms with Crippen molar-refractivity contribution in [1.29, 1.82) is 0 Å². The molecule has 5 rings (SSSR count). The summed E-state index contributed by atoms with van der Waals surface area (Å²) in [5.74, 6) is -6.24. The average molecular weight is 620 g/mol. The summed E-state index contributed by atoms with van der Waals surface area (Å²) in [5.41, 5.74) is 7.65. The van der Waals surface area contributed by atoms with Crippen LogP contribution in [0.4, 0.5) is 15.8 Å². The summed E-state index contributed by atoms with van der Waals surface area (Å²) < 4.78 is 26.3. The predicted octanol–water partition coefficient (Wildman–Crippen LogP) is 5.63. The fourth-order valence-corrected chi connectivity index (χ4v) is 6.87. The Bertz CT molecular complexity index is 1720. The van der Waals surface area contributed by atoms with E-state index in [9.17, 15) is 24.5 Å². The number of hydrogen-bond donors (Lipinski definition) is 1. The number of anilines is 1. The van der Waals surface area contributed by atoms with E-state index in [0.29, 0.717) is 16.9 Å². The Morgan fingerprint density at radius 2 is 1.84 bits per heavy atom. The minimum atomic E-state index is -1.30. The van der Waals surface area contributed by atoms with Crippen LogP contribution in [-0.4, -0.2) is 35.9 Å². The molecule has 228 valence electrons. The number of non-ortho nitro benzene ring substituents is 1. The predicted molar refractivity (Wildman–Crippen MR) is 161 cm³/mol. The van der Waals surface area contributed by atoms with Gasteiger partial charge in [-0.15, -0.1) is 11.3 Å². The second-order valence-corrected chi connectivity index (χ2v) is 11.3. The van der Waals surface area contributed by atoms with Crippen molar-refractivity contribution in [2.45, 2.75) is 39.0 Å². The van der Waals surface area contributed by atoms with Crippen molar-refractivity contribution in [2.24, 2.45) is 11.7 Å². The molecule has 0 bridgehead atoms. The van der Waals surface area contributed by atoms with E-state index in [-0.39, 0.29) is 47.9 Å². The van der Waals surface area contributed by atoms with Crippen LogP contribution in [0, 0.1) is 28.8 Å². The Kier molecular flexibility index (Phi) is 8.63. The number of benzene rings is 2. The molecule has 0 spiro atoms. The van der Waals surface area contributed by atoms with Gasteiger partial charge in [0.1, 0.15) is 17.6 Å². The monoisotopic (exact) mass is 619 g/mol. The highest BCUT2D eigenvalue weighted by Crippen LogP contribution is 2.52. The van der Waals surface area contributed by atoms with Crippen molar-refractivity contribution in [3.8, 4) is 0 Å². The van der Waals surface area contributed by atoms with Gasteiger partial charge in [-0.3, -0.25) is 24.6 Å². The zero-order valence-electron chi connectivity index (χ0n) is 24.2. The minimum Gasteiger partial charge on any atom is -0.465 e. The number of ketones is 1. The third-order valence-electron chi connectivity index (χ3n) is 7.83. The summed E-state index contributed by atoms with van der Waals surface area (Å²) in [7, 11) is 0. The number of carbonyl (C=O) groups excluding carboxylic acids is 3. The highest BCUT2D eigenvalue weighted by molar-refractivity contribution is 7.10. The third-order valence-corrected chi connectivity index (χ3v) is 8.84. The molecule has 1 aliphatic carbocycles. The van der Waals surface area contributed by atoms with Gasteiger partial charge >= 0.3 is 11.9 Å². The van der Waals surface area contributed by atoms with E-state index in [2.05, 4.69) is 0 Å². The fraction of sp³-hybridized carbons (Fsp3) is 0.281. The molecule has 2 heterocycles. The van der Waals surface area contributed by atoms with Crippen molar-refractivity contribution in [3.63, 3.8) is 0 Å². The third kappa shape index (κ3) is 5.25. The molecule has 0 radical (unpaired) electrons. The molecule has 0 saturated carbocycles. The molecule has 3 atom stereocenters. The Morgan fingerprint density at radius 1 is 1.11 bits per heavy atom. The Balaban J connectivity index is 1.85. The van der Waals surface area contributed by atoms with E-state index in [1.807, 2.05) is 17.5 Å². The Labute approximate surface area is 256 Å². The van der Waals surface area contributed by atoms with Crippen molar-refractivity contribution in [2.75, 3.05) is 18.1 Å². The number of rotatable bonds is 8. The molecule has 0 amide bonds. The summed E-state index contributed by atoms with van der Waals surface area (Å²) in [4.78, 5) is 55.0. The maximum atomic E-state index is 15.6. The largest absolute Gasteiger partial charge is 0.465 e. The number of esters is 2. The van der Waals surface area contributed by atoms with Gasteiger partial charge < -0.3 is 15.2 Å². The number of nitro benzene ring substituents is 1. The van der Waals surface area contributed by atoms with Gasteiger partial charge in [-0.2, -0.15) is 0 Å². The first-order valence-electron chi connectivity index (χ1n) is 14.0. The first-order chi connectivity index (χ1) is 21.1. The van der Waals surface area contributed by atoms with E-state index < -0.39 is 46.2 Å². The van der Waals surface area contributed by atoms with Gasteiger partial charge in [-0.1, -0.05) is 24.3 Å². The Hall–Kier alpha value is -4.84. The molecule has 44 heavy (non-hydrogen) atoms. The molecular formula is C32H30FN3O7S. The smallest absolute Gasteiger partial charge is 0.338 e. The van der Waals surface area contributed by atoms with Gasteiger partial charge in [0, 0.05) is 39.8 Å². The molecule has 1 aromatic heterocycles. The second kappa shape index (κ2) is 12.4. The van der Waals surface area contributed by atoms with Crippen molar-refractivity contribution in [3.05, 3.63) is 115 Å². The average Bonchev–Trinajstić information content (AvgIpc) is 3.52. The number of hydrogen-bond acceptors (Lipinski definition) is 10.